The van der Waals surface area contributed by atoms with Gasteiger partial charge in [0, 0.05) is 4.90 Å². The normalized spacial score (nSPS) is 12.1. The van der Waals surface area contributed by atoms with Crippen molar-refractivity contribution in [2.24, 2.45) is 0 Å². The topological polar surface area (TPSA) is 74.6 Å². The zero-order valence-electron chi connectivity index (χ0n) is 8.01. The molecule has 0 bridgehead atoms. The third-order valence-electron chi connectivity index (χ3n) is 1.76. The summed E-state index contributed by atoms with van der Waals surface area (Å²) in [5.41, 5.74) is 0.197. The van der Waals surface area contributed by atoms with Crippen LogP contribution in [0.2, 0.25) is 0 Å². The Morgan fingerprint density at radius 2 is 1.73 bits per heavy atom. The third kappa shape index (κ3) is 3.28. The average molecular weight is 226 g/mol. The Hall–Kier alpha value is -1.49. The maximum absolute atomic E-state index is 10.6. The molecular formula is C10H10O4S. The van der Waals surface area contributed by atoms with E-state index in [4.69, 9.17) is 10.2 Å². The molecule has 5 heteroatoms. The van der Waals surface area contributed by atoms with E-state index in [2.05, 4.69) is 0 Å². The van der Waals surface area contributed by atoms with Gasteiger partial charge in [0.05, 0.1) is 5.56 Å². The Kier molecular flexibility index (Phi) is 3.74. The van der Waals surface area contributed by atoms with Gasteiger partial charge >= 0.3 is 11.9 Å². The molecule has 1 aromatic carbocycles. The minimum Gasteiger partial charge on any atom is -0.480 e. The van der Waals surface area contributed by atoms with Crippen molar-refractivity contribution in [3.63, 3.8) is 0 Å². The molecule has 4 nitrogen and oxygen atoms in total. The molecule has 0 heterocycles. The van der Waals surface area contributed by atoms with E-state index in [9.17, 15) is 9.59 Å². The first-order valence-corrected chi connectivity index (χ1v) is 5.11. The van der Waals surface area contributed by atoms with Gasteiger partial charge in [0.15, 0.2) is 0 Å². The van der Waals surface area contributed by atoms with Crippen LogP contribution in [0.25, 0.3) is 0 Å². The van der Waals surface area contributed by atoms with E-state index in [0.717, 1.165) is 4.90 Å². The predicted octanol–water partition coefficient (Wildman–Crippen LogP) is 1.95. The van der Waals surface area contributed by atoms with Crippen molar-refractivity contribution >= 4 is 23.7 Å². The van der Waals surface area contributed by atoms with Crippen LogP contribution in [-0.2, 0) is 4.79 Å². The number of aromatic carboxylic acids is 1. The Labute approximate surface area is 90.9 Å². The summed E-state index contributed by atoms with van der Waals surface area (Å²) >= 11 is 1.18. The number of hydrogen-bond acceptors (Lipinski definition) is 3. The monoisotopic (exact) mass is 226 g/mol. The molecule has 0 aliphatic rings. The van der Waals surface area contributed by atoms with Crippen LogP contribution in [0.5, 0.6) is 0 Å². The van der Waals surface area contributed by atoms with Crippen molar-refractivity contribution in [1.82, 2.24) is 0 Å². The Balaban J connectivity index is 2.72. The van der Waals surface area contributed by atoms with Gasteiger partial charge in [-0.3, -0.25) is 4.79 Å². The molecule has 2 N–H and O–H groups in total. The van der Waals surface area contributed by atoms with Crippen LogP contribution in [0.15, 0.2) is 29.2 Å². The van der Waals surface area contributed by atoms with E-state index in [1.165, 1.54) is 23.9 Å². The summed E-state index contributed by atoms with van der Waals surface area (Å²) in [6, 6.07) is 6.12. The SMILES string of the molecule is CC(Sc1ccc(C(=O)O)cc1)C(=O)O. The van der Waals surface area contributed by atoms with Crippen molar-refractivity contribution < 1.29 is 19.8 Å². The van der Waals surface area contributed by atoms with Crippen molar-refractivity contribution in [1.29, 1.82) is 0 Å². The Morgan fingerprint density at radius 1 is 1.20 bits per heavy atom. The molecule has 0 aromatic heterocycles. The number of carboxylic acid groups (broad SMARTS) is 2. The van der Waals surface area contributed by atoms with Crippen LogP contribution in [0.1, 0.15) is 17.3 Å². The molecule has 1 aromatic rings. The fraction of sp³-hybridized carbons (Fsp3) is 0.200. The van der Waals surface area contributed by atoms with Gasteiger partial charge in [-0.2, -0.15) is 0 Å². The van der Waals surface area contributed by atoms with Gasteiger partial charge in [-0.15, -0.1) is 11.8 Å². The van der Waals surface area contributed by atoms with Crippen LogP contribution in [0, 0.1) is 0 Å². The summed E-state index contributed by atoms with van der Waals surface area (Å²) in [5.74, 6) is -1.87. The average Bonchev–Trinajstić information content (AvgIpc) is 2.18. The fourth-order valence-electron chi connectivity index (χ4n) is 0.931. The summed E-state index contributed by atoms with van der Waals surface area (Å²) < 4.78 is 0. The van der Waals surface area contributed by atoms with Gasteiger partial charge in [-0.25, -0.2) is 4.79 Å². The molecule has 0 amide bonds. The molecule has 0 aliphatic heterocycles. The van der Waals surface area contributed by atoms with Crippen LogP contribution in [0.4, 0.5) is 0 Å². The number of rotatable bonds is 4. The van der Waals surface area contributed by atoms with E-state index in [-0.39, 0.29) is 5.56 Å². The summed E-state index contributed by atoms with van der Waals surface area (Å²) in [7, 11) is 0. The van der Waals surface area contributed by atoms with Crippen molar-refractivity contribution in [2.45, 2.75) is 17.1 Å². The lowest BCUT2D eigenvalue weighted by Crippen LogP contribution is -2.10. The molecule has 1 unspecified atom stereocenters. The first-order valence-electron chi connectivity index (χ1n) is 4.23. The number of thioether (sulfide) groups is 1. The molecule has 0 radical (unpaired) electrons. The second-order valence-electron chi connectivity index (χ2n) is 2.93. The van der Waals surface area contributed by atoms with E-state index < -0.39 is 17.2 Å². The lowest BCUT2D eigenvalue weighted by molar-refractivity contribution is -0.136. The fourth-order valence-corrected chi connectivity index (χ4v) is 1.73. The van der Waals surface area contributed by atoms with E-state index in [1.54, 1.807) is 19.1 Å². The lowest BCUT2D eigenvalue weighted by atomic mass is 10.2. The summed E-state index contributed by atoms with van der Waals surface area (Å²) in [6.07, 6.45) is 0. The first kappa shape index (κ1) is 11.6. The van der Waals surface area contributed by atoms with Crippen LogP contribution in [0.3, 0.4) is 0 Å². The number of carboxylic acids is 2. The van der Waals surface area contributed by atoms with Gasteiger partial charge in [0.2, 0.25) is 0 Å². The van der Waals surface area contributed by atoms with Crippen LogP contribution >= 0.6 is 11.8 Å². The van der Waals surface area contributed by atoms with Gasteiger partial charge in [0.25, 0.3) is 0 Å². The highest BCUT2D eigenvalue weighted by Gasteiger charge is 2.12. The van der Waals surface area contributed by atoms with Crippen LogP contribution < -0.4 is 0 Å². The minimum atomic E-state index is -0.988. The molecule has 80 valence electrons. The van der Waals surface area contributed by atoms with Gasteiger partial charge in [0.1, 0.15) is 5.25 Å². The highest BCUT2D eigenvalue weighted by Crippen LogP contribution is 2.23. The Morgan fingerprint density at radius 3 is 2.13 bits per heavy atom. The van der Waals surface area contributed by atoms with Gasteiger partial charge in [-0.05, 0) is 31.2 Å². The molecule has 1 rings (SSSR count). The highest BCUT2D eigenvalue weighted by molar-refractivity contribution is 8.00. The van der Waals surface area contributed by atoms with Crippen LogP contribution in [-0.4, -0.2) is 27.4 Å². The Bertz CT molecular complexity index is 372. The van der Waals surface area contributed by atoms with E-state index in [1.807, 2.05) is 0 Å². The molecule has 0 spiro atoms. The number of hydrogen-bond donors (Lipinski definition) is 2. The minimum absolute atomic E-state index is 0.197. The second-order valence-corrected chi connectivity index (χ2v) is 4.34. The number of aliphatic carboxylic acids is 1. The quantitative estimate of drug-likeness (QED) is 0.767. The highest BCUT2D eigenvalue weighted by atomic mass is 32.2. The zero-order chi connectivity index (χ0) is 11.4. The van der Waals surface area contributed by atoms with E-state index >= 15 is 0 Å². The number of carbonyl (C=O) groups is 2. The largest absolute Gasteiger partial charge is 0.480 e. The molecule has 0 aliphatic carbocycles. The maximum atomic E-state index is 10.6. The summed E-state index contributed by atoms with van der Waals surface area (Å²) in [6.45, 7) is 1.58. The molecular weight excluding hydrogens is 216 g/mol. The first-order chi connectivity index (χ1) is 7.00. The van der Waals surface area contributed by atoms with Gasteiger partial charge < -0.3 is 10.2 Å². The smallest absolute Gasteiger partial charge is 0.335 e. The van der Waals surface area contributed by atoms with Gasteiger partial charge in [-0.1, -0.05) is 0 Å². The molecule has 1 atom stereocenters. The maximum Gasteiger partial charge on any atom is 0.335 e. The third-order valence-corrected chi connectivity index (χ3v) is 2.86. The zero-order valence-corrected chi connectivity index (χ0v) is 8.82. The molecule has 0 saturated carbocycles. The summed E-state index contributed by atoms with van der Waals surface area (Å²) in [5, 5.41) is 16.8. The van der Waals surface area contributed by atoms with Crippen molar-refractivity contribution in [3.05, 3.63) is 29.8 Å². The van der Waals surface area contributed by atoms with E-state index in [0.29, 0.717) is 0 Å². The molecule has 15 heavy (non-hydrogen) atoms. The second kappa shape index (κ2) is 4.84. The molecule has 0 fully saturated rings. The summed E-state index contributed by atoms with van der Waals surface area (Å²) in [4.78, 5) is 21.9. The van der Waals surface area contributed by atoms with Crippen molar-refractivity contribution in [2.75, 3.05) is 0 Å². The standard InChI is InChI=1S/C10H10O4S/c1-6(9(11)12)15-8-4-2-7(3-5-8)10(13)14/h2-6H,1H3,(H,11,12)(H,13,14). The lowest BCUT2D eigenvalue weighted by Gasteiger charge is -2.05. The van der Waals surface area contributed by atoms with Crippen molar-refractivity contribution in [3.8, 4) is 0 Å². The number of benzene rings is 1. The molecule has 0 saturated heterocycles. The predicted molar refractivity (Wildman–Crippen MR) is 56.4 cm³/mol.